The molecule has 0 radical (unpaired) electrons. The van der Waals surface area contributed by atoms with E-state index in [1.807, 2.05) is 32.3 Å². The summed E-state index contributed by atoms with van der Waals surface area (Å²) in [6, 6.07) is 7.48. The van der Waals surface area contributed by atoms with Crippen LogP contribution in [0.5, 0.6) is 0 Å². The maximum Gasteiger partial charge on any atom is 0.340 e. The van der Waals surface area contributed by atoms with Crippen LogP contribution in [0.15, 0.2) is 30.3 Å². The van der Waals surface area contributed by atoms with E-state index in [4.69, 9.17) is 4.74 Å². The normalized spacial score (nSPS) is 11.9. The van der Waals surface area contributed by atoms with E-state index < -0.39 is 22.9 Å². The summed E-state index contributed by atoms with van der Waals surface area (Å²) < 4.78 is 7.30. The molecule has 144 valence electrons. The van der Waals surface area contributed by atoms with Crippen molar-refractivity contribution in [1.29, 1.82) is 0 Å². The predicted octanol–water partition coefficient (Wildman–Crippen LogP) is 3.78. The SMILES string of the molecule is Cc1cc(C(=O)OC(C)C(=O)Nc2cccc([N+](=O)[O-])c2)c(C)n1C(C)C. The van der Waals surface area contributed by atoms with Crippen molar-refractivity contribution >= 4 is 23.3 Å². The second-order valence-corrected chi connectivity index (χ2v) is 6.59. The lowest BCUT2D eigenvalue weighted by atomic mass is 10.2. The summed E-state index contributed by atoms with van der Waals surface area (Å²) in [7, 11) is 0. The molecule has 0 aliphatic rings. The van der Waals surface area contributed by atoms with Gasteiger partial charge in [0.2, 0.25) is 0 Å². The first-order valence-corrected chi connectivity index (χ1v) is 8.56. The molecule has 1 aromatic carbocycles. The van der Waals surface area contributed by atoms with Gasteiger partial charge in [0.05, 0.1) is 10.5 Å². The molecule has 2 aromatic rings. The number of nitrogens with zero attached hydrogens (tertiary/aromatic N) is 2. The average Bonchev–Trinajstić information content (AvgIpc) is 2.89. The van der Waals surface area contributed by atoms with Gasteiger partial charge in [-0.2, -0.15) is 0 Å². The maximum absolute atomic E-state index is 12.5. The number of nitrogens with one attached hydrogen (secondary N) is 1. The van der Waals surface area contributed by atoms with E-state index in [0.29, 0.717) is 5.56 Å². The molecule has 0 spiro atoms. The second-order valence-electron chi connectivity index (χ2n) is 6.59. The third-order valence-corrected chi connectivity index (χ3v) is 4.20. The highest BCUT2D eigenvalue weighted by Gasteiger charge is 2.23. The molecule has 1 amide bonds. The van der Waals surface area contributed by atoms with Gasteiger partial charge in [0.1, 0.15) is 0 Å². The Balaban J connectivity index is 2.08. The number of aromatic nitrogens is 1. The number of hydrogen-bond acceptors (Lipinski definition) is 5. The highest BCUT2D eigenvalue weighted by molar-refractivity contribution is 5.98. The van der Waals surface area contributed by atoms with Gasteiger partial charge in [-0.25, -0.2) is 4.79 Å². The number of carbonyl (C=O) groups is 2. The molecule has 2 rings (SSSR count). The Kier molecular flexibility index (Phi) is 5.99. The largest absolute Gasteiger partial charge is 0.449 e. The molecule has 0 aliphatic heterocycles. The Hall–Kier alpha value is -3.16. The van der Waals surface area contributed by atoms with Gasteiger partial charge < -0.3 is 14.6 Å². The number of amides is 1. The van der Waals surface area contributed by atoms with E-state index >= 15 is 0 Å². The fraction of sp³-hybridized carbons (Fsp3) is 0.368. The summed E-state index contributed by atoms with van der Waals surface area (Å²) in [5.41, 5.74) is 2.24. The Labute approximate surface area is 157 Å². The first-order chi connectivity index (χ1) is 12.6. The van der Waals surface area contributed by atoms with Crippen LogP contribution in [0.3, 0.4) is 0 Å². The predicted molar refractivity (Wildman–Crippen MR) is 101 cm³/mol. The molecule has 0 saturated heterocycles. The zero-order valence-corrected chi connectivity index (χ0v) is 16.0. The van der Waals surface area contributed by atoms with Gasteiger partial charge >= 0.3 is 5.97 Å². The topological polar surface area (TPSA) is 103 Å². The molecule has 1 aromatic heterocycles. The lowest BCUT2D eigenvalue weighted by Crippen LogP contribution is -2.30. The smallest absolute Gasteiger partial charge is 0.340 e. The average molecular weight is 373 g/mol. The molecule has 8 nitrogen and oxygen atoms in total. The molecule has 0 saturated carbocycles. The molecule has 8 heteroatoms. The van der Waals surface area contributed by atoms with Crippen molar-refractivity contribution < 1.29 is 19.2 Å². The number of non-ortho nitro benzene ring substituents is 1. The van der Waals surface area contributed by atoms with Gasteiger partial charge in [-0.3, -0.25) is 14.9 Å². The van der Waals surface area contributed by atoms with Crippen LogP contribution < -0.4 is 5.32 Å². The monoisotopic (exact) mass is 373 g/mol. The number of carbonyl (C=O) groups excluding carboxylic acids is 2. The van der Waals surface area contributed by atoms with Crippen molar-refractivity contribution in [2.75, 3.05) is 5.32 Å². The standard InChI is InChI=1S/C19H23N3O5/c1-11(2)21-12(3)9-17(13(21)4)19(24)27-14(5)18(23)20-15-7-6-8-16(10-15)22(25)26/h6-11,14H,1-5H3,(H,20,23). The van der Waals surface area contributed by atoms with Crippen molar-refractivity contribution in [3.8, 4) is 0 Å². The zero-order valence-electron chi connectivity index (χ0n) is 16.0. The Bertz CT molecular complexity index is 885. The summed E-state index contributed by atoms with van der Waals surface area (Å²) in [6.07, 6.45) is -1.06. The van der Waals surface area contributed by atoms with E-state index in [-0.39, 0.29) is 17.4 Å². The van der Waals surface area contributed by atoms with Crippen molar-refractivity contribution in [2.45, 2.75) is 46.8 Å². The highest BCUT2D eigenvalue weighted by Crippen LogP contribution is 2.22. The molecular weight excluding hydrogens is 350 g/mol. The molecule has 0 bridgehead atoms. The fourth-order valence-corrected chi connectivity index (χ4v) is 3.00. The molecule has 1 unspecified atom stereocenters. The van der Waals surface area contributed by atoms with Crippen molar-refractivity contribution in [1.82, 2.24) is 4.57 Å². The fourth-order valence-electron chi connectivity index (χ4n) is 3.00. The van der Waals surface area contributed by atoms with E-state index in [1.54, 1.807) is 6.07 Å². The van der Waals surface area contributed by atoms with Crippen LogP contribution in [-0.2, 0) is 9.53 Å². The quantitative estimate of drug-likeness (QED) is 0.471. The van der Waals surface area contributed by atoms with Crippen LogP contribution in [0.4, 0.5) is 11.4 Å². The van der Waals surface area contributed by atoms with Crippen LogP contribution in [-0.4, -0.2) is 27.5 Å². The molecule has 1 atom stereocenters. The number of aryl methyl sites for hydroxylation is 1. The summed E-state index contributed by atoms with van der Waals surface area (Å²) in [5, 5.41) is 13.3. The van der Waals surface area contributed by atoms with Gasteiger partial charge in [-0.15, -0.1) is 0 Å². The minimum absolute atomic E-state index is 0.140. The van der Waals surface area contributed by atoms with Crippen LogP contribution in [0.25, 0.3) is 0 Å². The van der Waals surface area contributed by atoms with Gasteiger partial charge in [-0.1, -0.05) is 6.07 Å². The van der Waals surface area contributed by atoms with Gasteiger partial charge in [-0.05, 0) is 46.8 Å². The minimum Gasteiger partial charge on any atom is -0.449 e. The highest BCUT2D eigenvalue weighted by atomic mass is 16.6. The van der Waals surface area contributed by atoms with Crippen molar-refractivity contribution in [2.24, 2.45) is 0 Å². The molecule has 27 heavy (non-hydrogen) atoms. The molecule has 0 fully saturated rings. The van der Waals surface area contributed by atoms with Gasteiger partial charge in [0.25, 0.3) is 11.6 Å². The van der Waals surface area contributed by atoms with E-state index in [9.17, 15) is 19.7 Å². The summed E-state index contributed by atoms with van der Waals surface area (Å²) in [6.45, 7) is 9.22. The number of ether oxygens (including phenoxy) is 1. The summed E-state index contributed by atoms with van der Waals surface area (Å²) in [4.78, 5) is 35.0. The summed E-state index contributed by atoms with van der Waals surface area (Å²) in [5.74, 6) is -1.15. The Morgan fingerprint density at radius 2 is 1.85 bits per heavy atom. The van der Waals surface area contributed by atoms with Gasteiger partial charge in [0, 0.05) is 35.2 Å². The molecule has 1 heterocycles. The first kappa shape index (κ1) is 20.2. The number of benzene rings is 1. The van der Waals surface area contributed by atoms with E-state index in [0.717, 1.165) is 11.4 Å². The van der Waals surface area contributed by atoms with Crippen molar-refractivity contribution in [3.63, 3.8) is 0 Å². The van der Waals surface area contributed by atoms with Crippen LogP contribution in [0.1, 0.15) is 48.6 Å². The number of esters is 1. The molecule has 1 N–H and O–H groups in total. The van der Waals surface area contributed by atoms with Crippen LogP contribution in [0.2, 0.25) is 0 Å². The lowest BCUT2D eigenvalue weighted by Gasteiger charge is -2.15. The number of nitro benzene ring substituents is 1. The maximum atomic E-state index is 12.5. The zero-order chi connectivity index (χ0) is 20.3. The van der Waals surface area contributed by atoms with E-state index in [1.165, 1.54) is 31.2 Å². The Morgan fingerprint density at radius 3 is 2.41 bits per heavy atom. The number of rotatable bonds is 6. The van der Waals surface area contributed by atoms with Crippen LogP contribution >= 0.6 is 0 Å². The molecule has 0 aliphatic carbocycles. The number of nitro groups is 1. The number of anilines is 1. The number of hydrogen-bond donors (Lipinski definition) is 1. The van der Waals surface area contributed by atoms with E-state index in [2.05, 4.69) is 5.32 Å². The van der Waals surface area contributed by atoms with Gasteiger partial charge in [0.15, 0.2) is 6.10 Å². The van der Waals surface area contributed by atoms with Crippen LogP contribution in [0, 0.1) is 24.0 Å². The third-order valence-electron chi connectivity index (χ3n) is 4.20. The summed E-state index contributed by atoms with van der Waals surface area (Å²) >= 11 is 0. The lowest BCUT2D eigenvalue weighted by molar-refractivity contribution is -0.384. The Morgan fingerprint density at radius 1 is 1.19 bits per heavy atom. The third kappa shape index (κ3) is 4.52. The second kappa shape index (κ2) is 8.03. The first-order valence-electron chi connectivity index (χ1n) is 8.56. The van der Waals surface area contributed by atoms with Crippen molar-refractivity contribution in [3.05, 3.63) is 57.4 Å². The minimum atomic E-state index is -1.06. The molecular formula is C19H23N3O5.